The lowest BCUT2D eigenvalue weighted by Gasteiger charge is -2.19. The summed E-state index contributed by atoms with van der Waals surface area (Å²) < 4.78 is 5.30. The summed E-state index contributed by atoms with van der Waals surface area (Å²) in [4.78, 5) is 0. The Balaban J connectivity index is 1.99. The molecule has 1 heterocycles. The standard InChI is InChI=1S/C10H13NOS/c13-6-8-7-5-10(3-4-10)2-1-9(7)12-11-8/h13H,1-6H2. The van der Waals surface area contributed by atoms with Crippen molar-refractivity contribution in [2.45, 2.75) is 37.9 Å². The first-order chi connectivity index (χ1) is 6.33. The maximum absolute atomic E-state index is 5.30. The molecule has 1 fully saturated rings. The molecule has 13 heavy (non-hydrogen) atoms. The van der Waals surface area contributed by atoms with E-state index in [-0.39, 0.29) is 0 Å². The molecule has 1 aromatic heterocycles. The van der Waals surface area contributed by atoms with Crippen molar-refractivity contribution < 1.29 is 4.52 Å². The molecule has 0 aliphatic heterocycles. The molecule has 0 unspecified atom stereocenters. The number of thiol groups is 1. The predicted molar refractivity (Wildman–Crippen MR) is 52.9 cm³/mol. The molecule has 0 radical (unpaired) electrons. The molecule has 70 valence electrons. The van der Waals surface area contributed by atoms with Gasteiger partial charge in [-0.05, 0) is 31.1 Å². The number of fused-ring (bicyclic) bond motifs is 1. The van der Waals surface area contributed by atoms with Crippen molar-refractivity contribution in [2.24, 2.45) is 5.41 Å². The Bertz CT molecular complexity index is 327. The third kappa shape index (κ3) is 1.13. The number of hydrogen-bond acceptors (Lipinski definition) is 3. The summed E-state index contributed by atoms with van der Waals surface area (Å²) in [6.45, 7) is 0. The molecular formula is C10H13NOS. The molecule has 2 aliphatic rings. The highest BCUT2D eigenvalue weighted by Gasteiger charge is 2.46. The third-order valence-electron chi connectivity index (χ3n) is 3.49. The Morgan fingerprint density at radius 2 is 2.23 bits per heavy atom. The summed E-state index contributed by atoms with van der Waals surface area (Å²) in [5.74, 6) is 1.84. The molecule has 0 aromatic carbocycles. The van der Waals surface area contributed by atoms with Crippen LogP contribution in [-0.2, 0) is 18.6 Å². The van der Waals surface area contributed by atoms with Crippen LogP contribution in [0.1, 0.15) is 36.3 Å². The van der Waals surface area contributed by atoms with Crippen molar-refractivity contribution in [1.29, 1.82) is 0 Å². The van der Waals surface area contributed by atoms with Gasteiger partial charge in [0.1, 0.15) is 5.76 Å². The first kappa shape index (κ1) is 7.92. The molecular weight excluding hydrogens is 182 g/mol. The van der Waals surface area contributed by atoms with Crippen LogP contribution in [0.25, 0.3) is 0 Å². The van der Waals surface area contributed by atoms with Crippen LogP contribution in [0.5, 0.6) is 0 Å². The molecule has 1 aromatic rings. The summed E-state index contributed by atoms with van der Waals surface area (Å²) in [6.07, 6.45) is 6.41. The van der Waals surface area contributed by atoms with E-state index < -0.39 is 0 Å². The monoisotopic (exact) mass is 195 g/mol. The molecule has 3 rings (SSSR count). The molecule has 2 aliphatic carbocycles. The van der Waals surface area contributed by atoms with E-state index in [4.69, 9.17) is 4.52 Å². The van der Waals surface area contributed by atoms with E-state index >= 15 is 0 Å². The van der Waals surface area contributed by atoms with E-state index in [0.717, 1.165) is 23.6 Å². The van der Waals surface area contributed by atoms with Gasteiger partial charge in [0, 0.05) is 17.7 Å². The molecule has 0 bridgehead atoms. The Kier molecular flexibility index (Phi) is 1.54. The molecule has 0 amide bonds. The fourth-order valence-electron chi connectivity index (χ4n) is 2.35. The number of hydrogen-bond donors (Lipinski definition) is 1. The molecule has 3 heteroatoms. The second-order valence-corrected chi connectivity index (χ2v) is 4.68. The molecule has 0 N–H and O–H groups in total. The summed E-state index contributed by atoms with van der Waals surface area (Å²) >= 11 is 4.26. The quantitative estimate of drug-likeness (QED) is 0.696. The first-order valence-electron chi connectivity index (χ1n) is 4.90. The van der Waals surface area contributed by atoms with E-state index in [1.807, 2.05) is 0 Å². The Morgan fingerprint density at radius 3 is 2.92 bits per heavy atom. The van der Waals surface area contributed by atoms with Crippen LogP contribution in [0.15, 0.2) is 4.52 Å². The summed E-state index contributed by atoms with van der Waals surface area (Å²) in [6, 6.07) is 0. The van der Waals surface area contributed by atoms with Gasteiger partial charge in [-0.1, -0.05) is 5.16 Å². The van der Waals surface area contributed by atoms with Crippen LogP contribution in [-0.4, -0.2) is 5.16 Å². The minimum atomic E-state index is 0.649. The highest BCUT2D eigenvalue weighted by molar-refractivity contribution is 7.79. The van der Waals surface area contributed by atoms with E-state index in [1.54, 1.807) is 0 Å². The van der Waals surface area contributed by atoms with Gasteiger partial charge >= 0.3 is 0 Å². The second kappa shape index (κ2) is 2.53. The maximum Gasteiger partial charge on any atom is 0.140 e. The average Bonchev–Trinajstić information content (AvgIpc) is 2.78. The van der Waals surface area contributed by atoms with Crippen molar-refractivity contribution >= 4 is 12.6 Å². The minimum Gasteiger partial charge on any atom is -0.361 e. The van der Waals surface area contributed by atoms with Crippen LogP contribution >= 0.6 is 12.6 Å². The average molecular weight is 195 g/mol. The van der Waals surface area contributed by atoms with Gasteiger partial charge in [-0.25, -0.2) is 0 Å². The van der Waals surface area contributed by atoms with E-state index in [9.17, 15) is 0 Å². The molecule has 0 atom stereocenters. The lowest BCUT2D eigenvalue weighted by Crippen LogP contribution is -2.14. The SMILES string of the molecule is SCc1noc2c1CC1(CC2)CC1. The fraction of sp³-hybridized carbons (Fsp3) is 0.700. The van der Waals surface area contributed by atoms with Crippen molar-refractivity contribution in [3.63, 3.8) is 0 Å². The van der Waals surface area contributed by atoms with Gasteiger partial charge in [0.25, 0.3) is 0 Å². The Morgan fingerprint density at radius 1 is 1.38 bits per heavy atom. The van der Waals surface area contributed by atoms with Crippen LogP contribution < -0.4 is 0 Å². The Labute approximate surface area is 83.1 Å². The predicted octanol–water partition coefficient (Wildman–Crippen LogP) is 2.37. The maximum atomic E-state index is 5.30. The highest BCUT2D eigenvalue weighted by Crippen LogP contribution is 2.55. The normalized spacial score (nSPS) is 23.2. The number of aromatic nitrogens is 1. The topological polar surface area (TPSA) is 26.0 Å². The van der Waals surface area contributed by atoms with Crippen molar-refractivity contribution in [1.82, 2.24) is 5.16 Å². The number of aryl methyl sites for hydroxylation is 1. The zero-order chi connectivity index (χ0) is 8.89. The third-order valence-corrected chi connectivity index (χ3v) is 3.79. The smallest absolute Gasteiger partial charge is 0.140 e. The van der Waals surface area contributed by atoms with Crippen molar-refractivity contribution in [3.05, 3.63) is 17.0 Å². The lowest BCUT2D eigenvalue weighted by atomic mass is 9.84. The zero-order valence-corrected chi connectivity index (χ0v) is 8.44. The molecule has 1 saturated carbocycles. The first-order valence-corrected chi connectivity index (χ1v) is 5.53. The summed E-state index contributed by atoms with van der Waals surface area (Å²) in [5, 5.41) is 4.06. The van der Waals surface area contributed by atoms with Crippen LogP contribution in [0, 0.1) is 5.41 Å². The molecule has 2 nitrogen and oxygen atoms in total. The minimum absolute atomic E-state index is 0.649. The van der Waals surface area contributed by atoms with E-state index in [2.05, 4.69) is 17.8 Å². The van der Waals surface area contributed by atoms with Crippen molar-refractivity contribution in [2.75, 3.05) is 0 Å². The second-order valence-electron chi connectivity index (χ2n) is 4.37. The summed E-state index contributed by atoms with van der Waals surface area (Å²) in [5.41, 5.74) is 3.10. The van der Waals surface area contributed by atoms with Crippen LogP contribution in [0.4, 0.5) is 0 Å². The molecule has 1 spiro atoms. The lowest BCUT2D eigenvalue weighted by molar-refractivity contribution is 0.340. The fourth-order valence-corrected chi connectivity index (χ4v) is 2.60. The van der Waals surface area contributed by atoms with Crippen LogP contribution in [0.2, 0.25) is 0 Å². The number of rotatable bonds is 1. The molecule has 0 saturated heterocycles. The van der Waals surface area contributed by atoms with Gasteiger partial charge in [-0.2, -0.15) is 12.6 Å². The van der Waals surface area contributed by atoms with Gasteiger partial charge < -0.3 is 4.52 Å². The van der Waals surface area contributed by atoms with Gasteiger partial charge in [0.15, 0.2) is 0 Å². The summed E-state index contributed by atoms with van der Waals surface area (Å²) in [7, 11) is 0. The van der Waals surface area contributed by atoms with E-state index in [0.29, 0.717) is 5.41 Å². The van der Waals surface area contributed by atoms with Gasteiger partial charge in [0.2, 0.25) is 0 Å². The van der Waals surface area contributed by atoms with Gasteiger partial charge in [0.05, 0.1) is 5.69 Å². The highest BCUT2D eigenvalue weighted by atomic mass is 32.1. The number of nitrogens with zero attached hydrogens (tertiary/aromatic N) is 1. The Hall–Kier alpha value is -0.440. The largest absolute Gasteiger partial charge is 0.361 e. The van der Waals surface area contributed by atoms with Gasteiger partial charge in [-0.3, -0.25) is 0 Å². The van der Waals surface area contributed by atoms with Crippen LogP contribution in [0.3, 0.4) is 0 Å². The van der Waals surface area contributed by atoms with Gasteiger partial charge in [-0.15, -0.1) is 0 Å². The van der Waals surface area contributed by atoms with E-state index in [1.165, 1.54) is 31.2 Å². The zero-order valence-electron chi connectivity index (χ0n) is 7.55. The van der Waals surface area contributed by atoms with Crippen molar-refractivity contribution in [3.8, 4) is 0 Å².